The van der Waals surface area contributed by atoms with Gasteiger partial charge in [-0.05, 0) is 36.8 Å². The minimum absolute atomic E-state index is 0.0354. The standard InChI is InChI=1S/C25H18ClF3N2O3S/c1-23(15-24(27,28)29)22(32)31(35(33,34)18-11-7-10-17(26)14-18)20-13-6-5-12-19(20)25(23)21(30-25)16-8-3-2-4-9-16/h2-14H,15H2,1H3/t23-,25+/m0/s1. The van der Waals surface area contributed by atoms with Crippen LogP contribution in [0.4, 0.5) is 18.9 Å². The number of aliphatic imine (C=N–C) groups is 1. The summed E-state index contributed by atoms with van der Waals surface area (Å²) in [5.74, 6) is -1.21. The summed E-state index contributed by atoms with van der Waals surface area (Å²) in [7, 11) is -4.60. The van der Waals surface area contributed by atoms with Gasteiger partial charge in [-0.3, -0.25) is 9.79 Å². The van der Waals surface area contributed by atoms with Gasteiger partial charge in [0.05, 0.1) is 28.1 Å². The number of para-hydroxylation sites is 1. The molecule has 1 amide bonds. The molecule has 0 unspecified atom stereocenters. The molecule has 0 aromatic heterocycles. The SMILES string of the molecule is C[C@]1(CC(F)(F)F)C(=O)N(S(=O)(=O)c2cccc(Cl)c2)c2ccccc2[C@]12N=C2c1ccccc1. The number of anilines is 1. The third kappa shape index (κ3) is 3.48. The number of amides is 1. The van der Waals surface area contributed by atoms with Crippen molar-refractivity contribution < 1.29 is 26.4 Å². The quantitative estimate of drug-likeness (QED) is 0.443. The molecule has 3 aromatic carbocycles. The van der Waals surface area contributed by atoms with E-state index in [2.05, 4.69) is 4.99 Å². The van der Waals surface area contributed by atoms with Crippen LogP contribution in [0.1, 0.15) is 24.5 Å². The van der Waals surface area contributed by atoms with Gasteiger partial charge >= 0.3 is 6.18 Å². The number of alkyl halides is 3. The number of halogens is 4. The van der Waals surface area contributed by atoms with Gasteiger partial charge in [0.1, 0.15) is 5.54 Å². The first kappa shape index (κ1) is 23.6. The van der Waals surface area contributed by atoms with E-state index < -0.39 is 39.5 Å². The molecule has 0 radical (unpaired) electrons. The van der Waals surface area contributed by atoms with Crippen molar-refractivity contribution >= 4 is 38.9 Å². The van der Waals surface area contributed by atoms with Crippen molar-refractivity contribution in [2.75, 3.05) is 4.31 Å². The first-order valence-electron chi connectivity index (χ1n) is 10.6. The molecule has 2 aliphatic rings. The van der Waals surface area contributed by atoms with Gasteiger partial charge in [-0.1, -0.05) is 66.2 Å². The zero-order valence-corrected chi connectivity index (χ0v) is 19.8. The fourth-order valence-electron chi connectivity index (χ4n) is 4.90. The van der Waals surface area contributed by atoms with Gasteiger partial charge in [0.25, 0.3) is 15.9 Å². The van der Waals surface area contributed by atoms with Crippen LogP contribution in [0.5, 0.6) is 0 Å². The first-order chi connectivity index (χ1) is 16.4. The summed E-state index contributed by atoms with van der Waals surface area (Å²) < 4.78 is 69.7. The van der Waals surface area contributed by atoms with E-state index in [1.807, 2.05) is 0 Å². The van der Waals surface area contributed by atoms with Crippen LogP contribution in [0.25, 0.3) is 0 Å². The maximum atomic E-state index is 14.0. The number of fused-ring (bicyclic) bond motifs is 2. The van der Waals surface area contributed by atoms with Crippen molar-refractivity contribution in [2.45, 2.75) is 30.0 Å². The van der Waals surface area contributed by atoms with Gasteiger partial charge in [0.15, 0.2) is 0 Å². The molecule has 0 N–H and O–H groups in total. The average molecular weight is 519 g/mol. The van der Waals surface area contributed by atoms with Crippen LogP contribution in [-0.2, 0) is 20.4 Å². The van der Waals surface area contributed by atoms with E-state index in [4.69, 9.17) is 11.6 Å². The molecule has 2 aliphatic heterocycles. The molecule has 35 heavy (non-hydrogen) atoms. The summed E-state index contributed by atoms with van der Waals surface area (Å²) in [5, 5.41) is 0.107. The lowest BCUT2D eigenvalue weighted by Gasteiger charge is -2.45. The van der Waals surface area contributed by atoms with Crippen molar-refractivity contribution in [3.63, 3.8) is 0 Å². The number of hydrogen-bond donors (Lipinski definition) is 0. The van der Waals surface area contributed by atoms with Crippen LogP contribution >= 0.6 is 11.6 Å². The Balaban J connectivity index is 1.77. The summed E-state index contributed by atoms with van der Waals surface area (Å²) in [6.07, 6.45) is -6.33. The lowest BCUT2D eigenvalue weighted by Crippen LogP contribution is -2.58. The molecule has 10 heteroatoms. The predicted octanol–water partition coefficient (Wildman–Crippen LogP) is 5.73. The Morgan fingerprint density at radius 1 is 0.971 bits per heavy atom. The second-order valence-corrected chi connectivity index (χ2v) is 10.9. The van der Waals surface area contributed by atoms with Crippen molar-refractivity contribution in [1.29, 1.82) is 0 Å². The molecule has 5 nitrogen and oxygen atoms in total. The van der Waals surface area contributed by atoms with E-state index in [1.54, 1.807) is 36.4 Å². The molecule has 0 aliphatic carbocycles. The van der Waals surface area contributed by atoms with Gasteiger partial charge in [-0.2, -0.15) is 13.2 Å². The predicted molar refractivity (Wildman–Crippen MR) is 126 cm³/mol. The first-order valence-corrected chi connectivity index (χ1v) is 12.4. The molecule has 0 saturated carbocycles. The Morgan fingerprint density at radius 3 is 2.29 bits per heavy atom. The Labute approximate surface area is 204 Å². The minimum atomic E-state index is -4.77. The minimum Gasteiger partial charge on any atom is -0.273 e. The molecule has 0 bridgehead atoms. The fourth-order valence-corrected chi connectivity index (χ4v) is 6.73. The average Bonchev–Trinajstić information content (AvgIpc) is 3.55. The third-order valence-corrected chi connectivity index (χ3v) is 8.40. The molecule has 0 saturated heterocycles. The second kappa shape index (κ2) is 7.66. The summed E-state index contributed by atoms with van der Waals surface area (Å²) in [5.41, 5.74) is -2.85. The molecular formula is C25H18ClF3N2O3S. The number of carbonyl (C=O) groups excluding carboxylic acids is 1. The lowest BCUT2D eigenvalue weighted by molar-refractivity contribution is -0.169. The molecule has 0 fully saturated rings. The van der Waals surface area contributed by atoms with E-state index in [9.17, 15) is 26.4 Å². The third-order valence-electron chi connectivity index (χ3n) is 6.48. The van der Waals surface area contributed by atoms with E-state index in [1.165, 1.54) is 36.4 Å². The van der Waals surface area contributed by atoms with Gasteiger partial charge < -0.3 is 0 Å². The maximum absolute atomic E-state index is 14.0. The molecule has 180 valence electrons. The van der Waals surface area contributed by atoms with Crippen LogP contribution in [-0.4, -0.2) is 26.2 Å². The van der Waals surface area contributed by atoms with Gasteiger partial charge in [-0.25, -0.2) is 12.7 Å². The number of carbonyl (C=O) groups is 1. The summed E-state index contributed by atoms with van der Waals surface area (Å²) >= 11 is 5.98. The monoisotopic (exact) mass is 518 g/mol. The lowest BCUT2D eigenvalue weighted by atomic mass is 9.63. The molecule has 3 aromatic rings. The summed E-state index contributed by atoms with van der Waals surface area (Å²) in [4.78, 5) is 18.2. The van der Waals surface area contributed by atoms with E-state index in [-0.39, 0.29) is 21.2 Å². The topological polar surface area (TPSA) is 66.8 Å². The number of benzene rings is 3. The van der Waals surface area contributed by atoms with Gasteiger partial charge in [-0.15, -0.1) is 0 Å². The highest BCUT2D eigenvalue weighted by molar-refractivity contribution is 7.93. The van der Waals surface area contributed by atoms with Gasteiger partial charge in [0, 0.05) is 10.6 Å². The smallest absolute Gasteiger partial charge is 0.273 e. The largest absolute Gasteiger partial charge is 0.390 e. The summed E-state index contributed by atoms with van der Waals surface area (Å²) in [6.45, 7) is 1.14. The molecule has 2 atom stereocenters. The Hall–Kier alpha value is -3.17. The number of hydrogen-bond acceptors (Lipinski definition) is 4. The normalized spacial score (nSPS) is 23.7. The Kier molecular flexibility index (Phi) is 5.16. The Morgan fingerprint density at radius 2 is 1.63 bits per heavy atom. The molecule has 1 spiro atoms. The van der Waals surface area contributed by atoms with Crippen molar-refractivity contribution in [1.82, 2.24) is 0 Å². The number of sulfonamides is 1. The van der Waals surface area contributed by atoms with E-state index in [0.29, 0.717) is 15.6 Å². The zero-order valence-electron chi connectivity index (χ0n) is 18.3. The molecular weight excluding hydrogens is 501 g/mol. The highest BCUT2D eigenvalue weighted by Crippen LogP contribution is 2.64. The molecule has 5 rings (SSSR count). The van der Waals surface area contributed by atoms with Crippen LogP contribution in [0.2, 0.25) is 5.02 Å². The van der Waals surface area contributed by atoms with Gasteiger partial charge in [0.2, 0.25) is 0 Å². The van der Waals surface area contributed by atoms with Crippen LogP contribution < -0.4 is 4.31 Å². The zero-order chi connectivity index (χ0) is 25.2. The second-order valence-electron chi connectivity index (χ2n) is 8.71. The van der Waals surface area contributed by atoms with Crippen LogP contribution in [0.15, 0.2) is 88.8 Å². The summed E-state index contributed by atoms with van der Waals surface area (Å²) in [6, 6.07) is 19.9. The van der Waals surface area contributed by atoms with Crippen LogP contribution in [0.3, 0.4) is 0 Å². The number of rotatable bonds is 4. The highest BCUT2D eigenvalue weighted by atomic mass is 35.5. The molecule has 2 heterocycles. The van der Waals surface area contributed by atoms with Crippen LogP contribution in [0, 0.1) is 5.41 Å². The van der Waals surface area contributed by atoms with Crippen molar-refractivity contribution in [3.8, 4) is 0 Å². The van der Waals surface area contributed by atoms with E-state index in [0.717, 1.165) is 13.0 Å². The van der Waals surface area contributed by atoms with Crippen molar-refractivity contribution in [2.24, 2.45) is 10.4 Å². The highest BCUT2D eigenvalue weighted by Gasteiger charge is 2.72. The maximum Gasteiger partial charge on any atom is 0.390 e. The van der Waals surface area contributed by atoms with Crippen molar-refractivity contribution in [3.05, 3.63) is 95.0 Å². The fraction of sp³-hybridized carbons (Fsp3) is 0.200. The Bertz CT molecular complexity index is 1490. The number of nitrogens with zero attached hydrogens (tertiary/aromatic N) is 2. The van der Waals surface area contributed by atoms with E-state index >= 15 is 0 Å².